The third-order valence-corrected chi connectivity index (χ3v) is 7.46. The highest BCUT2D eigenvalue weighted by Crippen LogP contribution is 2.48. The van der Waals surface area contributed by atoms with E-state index in [0.717, 1.165) is 11.1 Å². The minimum atomic E-state index is -2.57. The van der Waals surface area contributed by atoms with Gasteiger partial charge in [-0.1, -0.05) is 32.1 Å². The molecule has 0 saturated heterocycles. The van der Waals surface area contributed by atoms with E-state index < -0.39 is 18.0 Å². The van der Waals surface area contributed by atoms with E-state index in [9.17, 15) is 24.6 Å². The minimum Gasteiger partial charge on any atom is -0.383 e. The van der Waals surface area contributed by atoms with E-state index in [4.69, 9.17) is 0 Å². The van der Waals surface area contributed by atoms with Crippen molar-refractivity contribution in [2.75, 3.05) is 17.2 Å². The fourth-order valence-electron chi connectivity index (χ4n) is 4.95. The van der Waals surface area contributed by atoms with Crippen LogP contribution in [0.5, 0.6) is 0 Å². The monoisotopic (exact) mass is 565 g/mol. The van der Waals surface area contributed by atoms with Crippen molar-refractivity contribution in [3.63, 3.8) is 0 Å². The Morgan fingerprint density at radius 3 is 2.38 bits per heavy atom. The predicted octanol–water partition coefficient (Wildman–Crippen LogP) is 6.16. The van der Waals surface area contributed by atoms with Crippen molar-refractivity contribution in [2.45, 2.75) is 58.5 Å². The number of nitriles is 3. The fraction of sp³-hybridized carbons (Fsp3) is 0.355. The quantitative estimate of drug-likeness (QED) is 0.259. The number of hydrogen-bond acceptors (Lipinski definition) is 8. The van der Waals surface area contributed by atoms with Gasteiger partial charge in [0.1, 0.15) is 23.4 Å². The average Bonchev–Trinajstić information content (AvgIpc) is 3.64. The van der Waals surface area contributed by atoms with Gasteiger partial charge in [0.25, 0.3) is 6.43 Å². The van der Waals surface area contributed by atoms with Gasteiger partial charge in [-0.25, -0.2) is 13.5 Å². The molecule has 2 aromatic carbocycles. The summed E-state index contributed by atoms with van der Waals surface area (Å²) in [7, 11) is 0. The first-order chi connectivity index (χ1) is 20.0. The van der Waals surface area contributed by atoms with Crippen LogP contribution in [-0.4, -0.2) is 32.9 Å². The Hall–Kier alpha value is -5.08. The zero-order valence-electron chi connectivity index (χ0n) is 23.7. The number of hydrogen-bond donors (Lipinski definition) is 2. The van der Waals surface area contributed by atoms with Gasteiger partial charge in [0.05, 0.1) is 46.2 Å². The van der Waals surface area contributed by atoms with Crippen molar-refractivity contribution in [3.8, 4) is 18.2 Å². The zero-order valence-corrected chi connectivity index (χ0v) is 23.7. The summed E-state index contributed by atoms with van der Waals surface area (Å²) < 4.78 is 29.0. The molecule has 1 fully saturated rings. The molecule has 1 saturated carbocycles. The molecule has 9 nitrogen and oxygen atoms in total. The molecule has 11 heteroatoms. The summed E-state index contributed by atoms with van der Waals surface area (Å²) in [5.74, 6) is 0. The largest absolute Gasteiger partial charge is 0.383 e. The van der Waals surface area contributed by atoms with Gasteiger partial charge in [0.15, 0.2) is 0 Å². The van der Waals surface area contributed by atoms with Crippen LogP contribution in [0.25, 0.3) is 10.9 Å². The fourth-order valence-corrected chi connectivity index (χ4v) is 4.95. The molecule has 0 amide bonds. The molecule has 2 N–H and O–H groups in total. The second kappa shape index (κ2) is 10.7. The molecule has 4 aromatic rings. The van der Waals surface area contributed by atoms with Crippen LogP contribution in [0.15, 0.2) is 42.7 Å². The summed E-state index contributed by atoms with van der Waals surface area (Å²) in [6, 6.07) is 14.6. The Labute approximate surface area is 242 Å². The third-order valence-electron chi connectivity index (χ3n) is 7.46. The van der Waals surface area contributed by atoms with Gasteiger partial charge in [0, 0.05) is 23.8 Å². The van der Waals surface area contributed by atoms with Crippen molar-refractivity contribution in [1.29, 1.82) is 15.8 Å². The maximum atomic E-state index is 13.9. The molecule has 1 aliphatic carbocycles. The van der Waals surface area contributed by atoms with Gasteiger partial charge < -0.3 is 10.6 Å². The summed E-state index contributed by atoms with van der Waals surface area (Å²) in [6.07, 6.45) is 1.05. The molecule has 42 heavy (non-hydrogen) atoms. The Morgan fingerprint density at radius 1 is 1.05 bits per heavy atom. The number of rotatable bonds is 8. The van der Waals surface area contributed by atoms with E-state index in [1.807, 2.05) is 13.0 Å². The summed E-state index contributed by atoms with van der Waals surface area (Å²) in [4.78, 5) is 4.41. The van der Waals surface area contributed by atoms with Crippen LogP contribution >= 0.6 is 0 Å². The number of halogens is 2. The topological polar surface area (TPSA) is 139 Å². The number of alkyl halides is 2. The maximum Gasteiger partial charge on any atom is 0.263 e. The second-order valence-corrected chi connectivity index (χ2v) is 11.9. The van der Waals surface area contributed by atoms with Crippen LogP contribution in [0, 0.1) is 46.3 Å². The van der Waals surface area contributed by atoms with Gasteiger partial charge >= 0.3 is 0 Å². The first kappa shape index (κ1) is 28.4. The van der Waals surface area contributed by atoms with Gasteiger partial charge in [-0.15, -0.1) is 5.10 Å². The summed E-state index contributed by atoms with van der Waals surface area (Å²) in [5, 5.41) is 45.0. The molecule has 1 aliphatic rings. The molecular weight excluding hydrogens is 536 g/mol. The van der Waals surface area contributed by atoms with Gasteiger partial charge in [0.2, 0.25) is 0 Å². The van der Waals surface area contributed by atoms with Crippen LogP contribution in [0.2, 0.25) is 0 Å². The van der Waals surface area contributed by atoms with Crippen molar-refractivity contribution in [3.05, 3.63) is 76.2 Å². The number of pyridine rings is 1. The van der Waals surface area contributed by atoms with Gasteiger partial charge in [-0.3, -0.25) is 4.98 Å². The van der Waals surface area contributed by atoms with E-state index in [-0.39, 0.29) is 5.41 Å². The highest BCUT2D eigenvalue weighted by atomic mass is 19.3. The molecule has 212 valence electrons. The molecule has 0 radical (unpaired) electrons. The van der Waals surface area contributed by atoms with Crippen molar-refractivity contribution in [2.24, 2.45) is 5.41 Å². The minimum absolute atomic E-state index is 0.0859. The van der Waals surface area contributed by atoms with Crippen molar-refractivity contribution in [1.82, 2.24) is 20.0 Å². The first-order valence-corrected chi connectivity index (χ1v) is 13.5. The number of aryl methyl sites for hydroxylation is 1. The lowest BCUT2D eigenvalue weighted by molar-refractivity contribution is 0.0593. The standard InChI is InChI=1S/C31H29F2N9/c1-18-9-19(12-34)5-6-23(18)28(25-16-42(41-40-25)31(7-8-31)29(32)33)39-22-10-20(13-35)26-24(11-22)27(21(14-36)15-37-26)38-17-30(2,3)4/h5-6,9-11,15-16,28-29,39H,7-8,17H2,1-4H3,(H,37,38)/t28-/m0/s1. The molecule has 0 unspecified atom stereocenters. The Morgan fingerprint density at radius 2 is 1.79 bits per heavy atom. The van der Waals surface area contributed by atoms with Gasteiger partial charge in [-0.2, -0.15) is 15.8 Å². The number of benzene rings is 2. The SMILES string of the molecule is Cc1cc(C#N)ccc1[C@H](Nc1cc(C#N)c2ncc(C#N)c(NCC(C)(C)C)c2c1)c1cn(C2(C(F)F)CC2)nn1. The Balaban J connectivity index is 1.64. The molecular formula is C31H29F2N9. The van der Waals surface area contributed by atoms with Crippen molar-refractivity contribution >= 4 is 22.3 Å². The normalized spacial score (nSPS) is 14.6. The third kappa shape index (κ3) is 5.32. The molecule has 0 aliphatic heterocycles. The van der Waals surface area contributed by atoms with E-state index in [2.05, 4.69) is 64.9 Å². The molecule has 1 atom stereocenters. The molecule has 0 spiro atoms. The van der Waals surface area contributed by atoms with Crippen LogP contribution in [0.1, 0.15) is 73.2 Å². The van der Waals surface area contributed by atoms with E-state index in [1.165, 1.54) is 17.1 Å². The van der Waals surface area contributed by atoms with Crippen LogP contribution in [0.4, 0.5) is 20.2 Å². The number of aromatic nitrogens is 4. The average molecular weight is 566 g/mol. The lowest BCUT2D eigenvalue weighted by Gasteiger charge is -2.23. The van der Waals surface area contributed by atoms with Gasteiger partial charge in [-0.05, 0) is 60.6 Å². The Bertz CT molecular complexity index is 1790. The lowest BCUT2D eigenvalue weighted by Crippen LogP contribution is -2.26. The number of nitrogens with one attached hydrogen (secondary N) is 2. The van der Waals surface area contributed by atoms with E-state index >= 15 is 0 Å². The van der Waals surface area contributed by atoms with Crippen molar-refractivity contribution < 1.29 is 8.78 Å². The molecule has 2 aromatic heterocycles. The van der Waals surface area contributed by atoms with Crippen LogP contribution in [0.3, 0.4) is 0 Å². The number of anilines is 2. The highest BCUT2D eigenvalue weighted by molar-refractivity contribution is 5.99. The Kier molecular flexibility index (Phi) is 7.26. The number of nitrogens with zero attached hydrogens (tertiary/aromatic N) is 7. The molecule has 2 heterocycles. The molecule has 0 bridgehead atoms. The van der Waals surface area contributed by atoms with E-state index in [1.54, 1.807) is 24.3 Å². The molecule has 5 rings (SSSR count). The summed E-state index contributed by atoms with van der Waals surface area (Å²) >= 11 is 0. The van der Waals surface area contributed by atoms with E-state index in [0.29, 0.717) is 64.0 Å². The summed E-state index contributed by atoms with van der Waals surface area (Å²) in [5.41, 5.74) is 3.20. The highest BCUT2D eigenvalue weighted by Gasteiger charge is 2.54. The summed E-state index contributed by atoms with van der Waals surface area (Å²) in [6.45, 7) is 8.64. The zero-order chi connectivity index (χ0) is 30.2. The smallest absolute Gasteiger partial charge is 0.263 e. The first-order valence-electron chi connectivity index (χ1n) is 13.5. The maximum absolute atomic E-state index is 13.9. The number of fused-ring (bicyclic) bond motifs is 1. The second-order valence-electron chi connectivity index (χ2n) is 11.9. The van der Waals surface area contributed by atoms with Crippen LogP contribution in [-0.2, 0) is 5.54 Å². The lowest BCUT2D eigenvalue weighted by atomic mass is 9.95. The predicted molar refractivity (Wildman–Crippen MR) is 154 cm³/mol. The van der Waals surface area contributed by atoms with Crippen LogP contribution < -0.4 is 10.6 Å².